The molecule has 0 aliphatic rings. The van der Waals surface area contributed by atoms with E-state index in [4.69, 9.17) is 9.15 Å². The molecule has 0 bridgehead atoms. The van der Waals surface area contributed by atoms with E-state index in [0.717, 1.165) is 11.3 Å². The average Bonchev–Trinajstić information content (AvgIpc) is 3.41. The lowest BCUT2D eigenvalue weighted by atomic mass is 10.2. The Balaban J connectivity index is 1.44. The number of hydrogen-bond acceptors (Lipinski definition) is 6. The van der Waals surface area contributed by atoms with Crippen molar-refractivity contribution in [2.24, 2.45) is 0 Å². The summed E-state index contributed by atoms with van der Waals surface area (Å²) in [6.07, 6.45) is -3.06. The molecular formula is C21H14F3N3O4S. The molecule has 0 unspecified atom stereocenters. The zero-order valence-corrected chi connectivity index (χ0v) is 16.9. The van der Waals surface area contributed by atoms with Gasteiger partial charge in [-0.25, -0.2) is 4.98 Å². The summed E-state index contributed by atoms with van der Waals surface area (Å²) in [5.41, 5.74) is 1.18. The van der Waals surface area contributed by atoms with Gasteiger partial charge in [-0.3, -0.25) is 14.9 Å². The third-order valence-corrected chi connectivity index (χ3v) is 5.04. The number of nitrogens with one attached hydrogen (secondary N) is 2. The third-order valence-electron chi connectivity index (χ3n) is 4.11. The number of carbonyl (C=O) groups is 2. The van der Waals surface area contributed by atoms with Crippen molar-refractivity contribution in [2.75, 3.05) is 17.2 Å². The molecule has 0 aliphatic heterocycles. The van der Waals surface area contributed by atoms with E-state index in [2.05, 4.69) is 15.6 Å². The lowest BCUT2D eigenvalue weighted by molar-refractivity contribution is -0.153. The number of fused-ring (bicyclic) bond motifs is 1. The van der Waals surface area contributed by atoms with Crippen LogP contribution < -0.4 is 15.4 Å². The number of carbonyl (C=O) groups excluding carboxylic acids is 2. The summed E-state index contributed by atoms with van der Waals surface area (Å²) >= 11 is 1.09. The third kappa shape index (κ3) is 5.24. The largest absolute Gasteiger partial charge is 0.484 e. The highest BCUT2D eigenvalue weighted by Crippen LogP contribution is 2.30. The summed E-state index contributed by atoms with van der Waals surface area (Å²) in [5.74, 6) is -0.738. The Morgan fingerprint density at radius 2 is 1.88 bits per heavy atom. The van der Waals surface area contributed by atoms with Crippen LogP contribution in [0.25, 0.3) is 10.2 Å². The van der Waals surface area contributed by atoms with Crippen molar-refractivity contribution < 1.29 is 31.9 Å². The molecule has 0 saturated heterocycles. The summed E-state index contributed by atoms with van der Waals surface area (Å²) in [4.78, 5) is 29.0. The molecule has 2 aromatic heterocycles. The second-order valence-electron chi connectivity index (χ2n) is 6.52. The topological polar surface area (TPSA) is 93.5 Å². The molecule has 0 spiro atoms. The molecule has 0 saturated carbocycles. The fraction of sp³-hybridized carbons (Fsp3) is 0.0952. The summed E-state index contributed by atoms with van der Waals surface area (Å²) in [6.45, 7) is -1.40. The van der Waals surface area contributed by atoms with Gasteiger partial charge >= 0.3 is 6.18 Å². The number of halogens is 3. The van der Waals surface area contributed by atoms with Gasteiger partial charge in [0.25, 0.3) is 11.8 Å². The number of anilines is 2. The fourth-order valence-electron chi connectivity index (χ4n) is 2.72. The van der Waals surface area contributed by atoms with Gasteiger partial charge in [-0.2, -0.15) is 13.2 Å². The van der Waals surface area contributed by atoms with Crippen molar-refractivity contribution in [3.05, 3.63) is 72.2 Å². The highest BCUT2D eigenvalue weighted by molar-refractivity contribution is 7.22. The summed E-state index contributed by atoms with van der Waals surface area (Å²) < 4.78 is 47.3. The van der Waals surface area contributed by atoms with Gasteiger partial charge in [0, 0.05) is 11.3 Å². The average molecular weight is 461 g/mol. The number of benzene rings is 2. The number of rotatable bonds is 6. The molecular weight excluding hydrogens is 447 g/mol. The maximum Gasteiger partial charge on any atom is 0.422 e. The Morgan fingerprint density at radius 1 is 1.03 bits per heavy atom. The van der Waals surface area contributed by atoms with Crippen molar-refractivity contribution in [3.8, 4) is 5.75 Å². The van der Waals surface area contributed by atoms with Gasteiger partial charge in [-0.1, -0.05) is 17.4 Å². The summed E-state index contributed by atoms with van der Waals surface area (Å²) in [7, 11) is 0. The van der Waals surface area contributed by atoms with Crippen LogP contribution in [0.5, 0.6) is 5.75 Å². The van der Waals surface area contributed by atoms with Crippen LogP contribution in [-0.4, -0.2) is 29.6 Å². The fourth-order valence-corrected chi connectivity index (χ4v) is 3.61. The standard InChI is InChI=1S/C21H14F3N3O4S/c22-21(23,24)11-31-14-6-7-15-17(10-14)32-20(26-15)27-18(28)12-3-1-4-13(9-12)25-19(29)16-5-2-8-30-16/h1-10H,11H2,(H,25,29)(H,26,27,28). The Morgan fingerprint density at radius 3 is 2.62 bits per heavy atom. The SMILES string of the molecule is O=C(Nc1nc2ccc(OCC(F)(F)F)cc2s1)c1cccc(NC(=O)c2ccco2)c1. The Labute approximate surface area is 182 Å². The van der Waals surface area contributed by atoms with E-state index >= 15 is 0 Å². The van der Waals surface area contributed by atoms with E-state index in [1.54, 1.807) is 24.3 Å². The van der Waals surface area contributed by atoms with Gasteiger partial charge < -0.3 is 14.5 Å². The number of amides is 2. The lowest BCUT2D eigenvalue weighted by Crippen LogP contribution is -2.19. The highest BCUT2D eigenvalue weighted by atomic mass is 32.1. The van der Waals surface area contributed by atoms with Crippen molar-refractivity contribution in [2.45, 2.75) is 6.18 Å². The first-order valence-electron chi connectivity index (χ1n) is 9.13. The van der Waals surface area contributed by atoms with Gasteiger partial charge in [0.1, 0.15) is 5.75 Å². The van der Waals surface area contributed by atoms with E-state index in [0.29, 0.717) is 15.9 Å². The Bertz CT molecular complexity index is 1270. The minimum atomic E-state index is -4.44. The first-order valence-corrected chi connectivity index (χ1v) is 9.95. The maximum atomic E-state index is 12.6. The first-order chi connectivity index (χ1) is 15.3. The van der Waals surface area contributed by atoms with E-state index in [-0.39, 0.29) is 22.2 Å². The monoisotopic (exact) mass is 461 g/mol. The number of thiazole rings is 1. The molecule has 2 N–H and O–H groups in total. The molecule has 2 amide bonds. The van der Waals surface area contributed by atoms with Crippen LogP contribution in [0.15, 0.2) is 65.3 Å². The van der Waals surface area contributed by atoms with E-state index in [9.17, 15) is 22.8 Å². The van der Waals surface area contributed by atoms with Crippen LogP contribution in [-0.2, 0) is 0 Å². The molecule has 4 rings (SSSR count). The number of alkyl halides is 3. The molecule has 0 fully saturated rings. The minimum absolute atomic E-state index is 0.0522. The quantitative estimate of drug-likeness (QED) is 0.405. The molecule has 0 atom stereocenters. The van der Waals surface area contributed by atoms with E-state index in [1.807, 2.05) is 0 Å². The van der Waals surface area contributed by atoms with Gasteiger partial charge in [-0.05, 0) is 48.5 Å². The Kier molecular flexibility index (Phi) is 5.82. The molecule has 0 aliphatic carbocycles. The second-order valence-corrected chi connectivity index (χ2v) is 7.55. The van der Waals surface area contributed by atoms with Crippen molar-refractivity contribution in [3.63, 3.8) is 0 Å². The smallest absolute Gasteiger partial charge is 0.422 e. The van der Waals surface area contributed by atoms with Crippen LogP contribution in [0.2, 0.25) is 0 Å². The normalized spacial score (nSPS) is 11.3. The van der Waals surface area contributed by atoms with E-state index < -0.39 is 24.6 Å². The number of furan rings is 1. The van der Waals surface area contributed by atoms with Gasteiger partial charge in [0.05, 0.1) is 16.5 Å². The van der Waals surface area contributed by atoms with Crippen molar-refractivity contribution in [1.29, 1.82) is 0 Å². The van der Waals surface area contributed by atoms with Crippen LogP contribution >= 0.6 is 11.3 Å². The van der Waals surface area contributed by atoms with Gasteiger partial charge in [0.2, 0.25) is 0 Å². The Hall–Kier alpha value is -3.86. The molecule has 0 radical (unpaired) electrons. The minimum Gasteiger partial charge on any atom is -0.484 e. The highest BCUT2D eigenvalue weighted by Gasteiger charge is 2.28. The molecule has 164 valence electrons. The molecule has 11 heteroatoms. The van der Waals surface area contributed by atoms with Gasteiger partial charge in [-0.15, -0.1) is 0 Å². The maximum absolute atomic E-state index is 12.6. The number of hydrogen-bond donors (Lipinski definition) is 2. The van der Waals surface area contributed by atoms with Crippen LogP contribution in [0, 0.1) is 0 Å². The zero-order chi connectivity index (χ0) is 22.7. The number of ether oxygens (including phenoxy) is 1. The van der Waals surface area contributed by atoms with Crippen molar-refractivity contribution >= 4 is 44.2 Å². The lowest BCUT2D eigenvalue weighted by Gasteiger charge is -2.08. The van der Waals surface area contributed by atoms with Crippen molar-refractivity contribution in [1.82, 2.24) is 4.98 Å². The second kappa shape index (κ2) is 8.71. The van der Waals surface area contributed by atoms with Crippen LogP contribution in [0.1, 0.15) is 20.9 Å². The van der Waals surface area contributed by atoms with Gasteiger partial charge in [0.15, 0.2) is 17.5 Å². The van der Waals surface area contributed by atoms with E-state index in [1.165, 1.54) is 36.6 Å². The predicted molar refractivity (Wildman–Crippen MR) is 112 cm³/mol. The zero-order valence-electron chi connectivity index (χ0n) is 16.1. The predicted octanol–water partition coefficient (Wildman–Crippen LogP) is 5.34. The van der Waals surface area contributed by atoms with Crippen LogP contribution in [0.4, 0.5) is 24.0 Å². The van der Waals surface area contributed by atoms with Crippen LogP contribution in [0.3, 0.4) is 0 Å². The molecule has 32 heavy (non-hydrogen) atoms. The molecule has 2 heterocycles. The molecule has 4 aromatic rings. The molecule has 2 aromatic carbocycles. The number of nitrogens with zero attached hydrogens (tertiary/aromatic N) is 1. The first kappa shape index (κ1) is 21.4. The summed E-state index contributed by atoms with van der Waals surface area (Å²) in [5, 5.41) is 5.55. The summed E-state index contributed by atoms with van der Waals surface area (Å²) in [6, 6.07) is 13.7. The molecule has 7 nitrogen and oxygen atoms in total. The number of aromatic nitrogens is 1.